The van der Waals surface area contributed by atoms with E-state index >= 15 is 0 Å². The largest absolute Gasteiger partial charge is 0.497 e. The summed E-state index contributed by atoms with van der Waals surface area (Å²) in [6, 6.07) is 16.6. The standard InChI is InChI=1S/C23H28N2O2/c1-6-25(7-2)19-10-8-17(9-11-19)22-15-18-14-20(26-5)12-13-21(18)23(24-22)27-16(3)4/h8-16H,6-7H2,1-5H3. The molecule has 0 aliphatic rings. The van der Waals surface area contributed by atoms with Crippen LogP contribution >= 0.6 is 0 Å². The maximum Gasteiger partial charge on any atom is 0.222 e. The normalized spacial score (nSPS) is 11.0. The number of nitrogens with zero attached hydrogens (tertiary/aromatic N) is 2. The van der Waals surface area contributed by atoms with Gasteiger partial charge in [-0.2, -0.15) is 0 Å². The lowest BCUT2D eigenvalue weighted by molar-refractivity contribution is 0.236. The maximum absolute atomic E-state index is 6.00. The molecule has 0 aliphatic heterocycles. The Morgan fingerprint density at radius 3 is 2.26 bits per heavy atom. The Balaban J connectivity index is 2.07. The minimum absolute atomic E-state index is 0.0584. The topological polar surface area (TPSA) is 34.6 Å². The molecule has 0 radical (unpaired) electrons. The first-order chi connectivity index (χ1) is 13.0. The summed E-state index contributed by atoms with van der Waals surface area (Å²) in [4.78, 5) is 7.13. The number of aromatic nitrogens is 1. The van der Waals surface area contributed by atoms with E-state index in [-0.39, 0.29) is 6.10 Å². The van der Waals surface area contributed by atoms with Gasteiger partial charge in [-0.3, -0.25) is 0 Å². The summed E-state index contributed by atoms with van der Waals surface area (Å²) in [5, 5.41) is 2.05. The summed E-state index contributed by atoms with van der Waals surface area (Å²) in [6.45, 7) is 10.4. The zero-order valence-corrected chi connectivity index (χ0v) is 16.8. The molecule has 3 rings (SSSR count). The van der Waals surface area contributed by atoms with Crippen LogP contribution in [0.4, 0.5) is 5.69 Å². The Labute approximate surface area is 161 Å². The van der Waals surface area contributed by atoms with Gasteiger partial charge < -0.3 is 14.4 Å². The van der Waals surface area contributed by atoms with E-state index in [1.165, 1.54) is 5.69 Å². The molecule has 0 saturated carbocycles. The molecule has 0 aliphatic carbocycles. The van der Waals surface area contributed by atoms with Gasteiger partial charge in [-0.15, -0.1) is 0 Å². The van der Waals surface area contributed by atoms with Crippen LogP contribution in [0.1, 0.15) is 27.7 Å². The van der Waals surface area contributed by atoms with Crippen LogP contribution in [-0.2, 0) is 0 Å². The highest BCUT2D eigenvalue weighted by atomic mass is 16.5. The maximum atomic E-state index is 6.00. The molecule has 0 unspecified atom stereocenters. The van der Waals surface area contributed by atoms with Crippen LogP contribution in [0, 0.1) is 0 Å². The van der Waals surface area contributed by atoms with Crippen molar-refractivity contribution in [2.24, 2.45) is 0 Å². The van der Waals surface area contributed by atoms with Crippen LogP contribution in [0.2, 0.25) is 0 Å². The average molecular weight is 364 g/mol. The van der Waals surface area contributed by atoms with Gasteiger partial charge in [0, 0.05) is 29.7 Å². The number of hydrogen-bond acceptors (Lipinski definition) is 4. The quantitative estimate of drug-likeness (QED) is 0.551. The molecule has 0 bridgehead atoms. The highest BCUT2D eigenvalue weighted by Gasteiger charge is 2.12. The number of hydrogen-bond donors (Lipinski definition) is 0. The minimum Gasteiger partial charge on any atom is -0.497 e. The van der Waals surface area contributed by atoms with Crippen molar-refractivity contribution in [2.45, 2.75) is 33.8 Å². The Morgan fingerprint density at radius 1 is 0.963 bits per heavy atom. The van der Waals surface area contributed by atoms with Crippen molar-refractivity contribution < 1.29 is 9.47 Å². The van der Waals surface area contributed by atoms with Crippen LogP contribution in [-0.4, -0.2) is 31.3 Å². The summed E-state index contributed by atoms with van der Waals surface area (Å²) in [5.74, 6) is 1.49. The number of pyridine rings is 1. The fraction of sp³-hybridized carbons (Fsp3) is 0.348. The lowest BCUT2D eigenvalue weighted by Gasteiger charge is -2.21. The number of anilines is 1. The van der Waals surface area contributed by atoms with Gasteiger partial charge in [0.25, 0.3) is 0 Å². The first-order valence-corrected chi connectivity index (χ1v) is 9.56. The van der Waals surface area contributed by atoms with Gasteiger partial charge in [0.1, 0.15) is 5.75 Å². The molecule has 0 spiro atoms. The molecule has 0 fully saturated rings. The number of rotatable bonds is 7. The molecule has 3 aromatic rings. The number of methoxy groups -OCH3 is 1. The predicted molar refractivity (Wildman–Crippen MR) is 113 cm³/mol. The van der Waals surface area contributed by atoms with E-state index < -0.39 is 0 Å². The van der Waals surface area contributed by atoms with Crippen molar-refractivity contribution >= 4 is 16.5 Å². The van der Waals surface area contributed by atoms with Crippen LogP contribution in [0.25, 0.3) is 22.0 Å². The van der Waals surface area contributed by atoms with Crippen LogP contribution in [0.5, 0.6) is 11.6 Å². The van der Waals surface area contributed by atoms with Crippen molar-refractivity contribution in [3.63, 3.8) is 0 Å². The average Bonchev–Trinajstić information content (AvgIpc) is 2.68. The SMILES string of the molecule is CCN(CC)c1ccc(-c2cc3cc(OC)ccc3c(OC(C)C)n2)cc1. The third-order valence-corrected chi connectivity index (χ3v) is 4.64. The lowest BCUT2D eigenvalue weighted by atomic mass is 10.1. The predicted octanol–water partition coefficient (Wildman–Crippen LogP) is 5.54. The van der Waals surface area contributed by atoms with E-state index in [1.54, 1.807) is 7.11 Å². The first kappa shape index (κ1) is 19.0. The zero-order valence-electron chi connectivity index (χ0n) is 16.8. The van der Waals surface area contributed by atoms with Crippen molar-refractivity contribution in [2.75, 3.05) is 25.1 Å². The van der Waals surface area contributed by atoms with Crippen molar-refractivity contribution in [3.05, 3.63) is 48.5 Å². The van der Waals surface area contributed by atoms with E-state index in [2.05, 4.69) is 49.1 Å². The summed E-state index contributed by atoms with van der Waals surface area (Å²) in [6.07, 6.45) is 0.0584. The van der Waals surface area contributed by atoms with Gasteiger partial charge in [0.05, 0.1) is 18.9 Å². The molecular weight excluding hydrogens is 336 g/mol. The zero-order chi connectivity index (χ0) is 19.4. The Hall–Kier alpha value is -2.75. The van der Waals surface area contributed by atoms with Crippen molar-refractivity contribution in [3.8, 4) is 22.9 Å². The lowest BCUT2D eigenvalue weighted by Crippen LogP contribution is -2.21. The molecule has 1 aromatic heterocycles. The second kappa shape index (κ2) is 8.30. The second-order valence-electron chi connectivity index (χ2n) is 6.79. The molecule has 1 heterocycles. The smallest absolute Gasteiger partial charge is 0.222 e. The van der Waals surface area contributed by atoms with E-state index in [9.17, 15) is 0 Å². The van der Waals surface area contributed by atoms with Gasteiger partial charge in [-0.1, -0.05) is 12.1 Å². The Morgan fingerprint density at radius 2 is 1.67 bits per heavy atom. The number of fused-ring (bicyclic) bond motifs is 1. The van der Waals surface area contributed by atoms with Crippen LogP contribution in [0.15, 0.2) is 48.5 Å². The molecule has 0 saturated heterocycles. The second-order valence-corrected chi connectivity index (χ2v) is 6.79. The van der Waals surface area contributed by atoms with E-state index in [4.69, 9.17) is 14.5 Å². The van der Waals surface area contributed by atoms with E-state index in [0.29, 0.717) is 5.88 Å². The van der Waals surface area contributed by atoms with Crippen molar-refractivity contribution in [1.29, 1.82) is 0 Å². The number of benzene rings is 2. The molecule has 0 N–H and O–H groups in total. The molecule has 142 valence electrons. The van der Waals surface area contributed by atoms with E-state index in [0.717, 1.165) is 40.9 Å². The molecule has 4 nitrogen and oxygen atoms in total. The highest BCUT2D eigenvalue weighted by molar-refractivity contribution is 5.91. The third kappa shape index (κ3) is 4.16. The fourth-order valence-corrected chi connectivity index (χ4v) is 3.22. The van der Waals surface area contributed by atoms with Gasteiger partial charge in [0.15, 0.2) is 0 Å². The summed E-state index contributed by atoms with van der Waals surface area (Å²) in [7, 11) is 1.68. The first-order valence-electron chi connectivity index (χ1n) is 9.56. The van der Waals surface area contributed by atoms with Gasteiger partial charge in [-0.05, 0) is 69.5 Å². The third-order valence-electron chi connectivity index (χ3n) is 4.64. The summed E-state index contributed by atoms with van der Waals surface area (Å²) in [5.41, 5.74) is 3.20. The molecule has 4 heteroatoms. The molecule has 27 heavy (non-hydrogen) atoms. The van der Waals surface area contributed by atoms with Crippen LogP contribution < -0.4 is 14.4 Å². The minimum atomic E-state index is 0.0584. The fourth-order valence-electron chi connectivity index (χ4n) is 3.22. The van der Waals surface area contributed by atoms with Gasteiger partial charge in [0.2, 0.25) is 5.88 Å². The highest BCUT2D eigenvalue weighted by Crippen LogP contribution is 2.32. The van der Waals surface area contributed by atoms with Gasteiger partial charge >= 0.3 is 0 Å². The number of ether oxygens (including phenoxy) is 2. The molecule has 0 amide bonds. The molecule has 0 atom stereocenters. The van der Waals surface area contributed by atoms with E-state index in [1.807, 2.05) is 32.0 Å². The summed E-state index contributed by atoms with van der Waals surface area (Å²) >= 11 is 0. The van der Waals surface area contributed by atoms with Gasteiger partial charge in [-0.25, -0.2) is 4.98 Å². The monoisotopic (exact) mass is 364 g/mol. The van der Waals surface area contributed by atoms with Crippen LogP contribution in [0.3, 0.4) is 0 Å². The molecule has 2 aromatic carbocycles. The Bertz CT molecular complexity index is 900. The Kier molecular flexibility index (Phi) is 5.84. The summed E-state index contributed by atoms with van der Waals surface area (Å²) < 4.78 is 11.4. The molecular formula is C23H28N2O2. The van der Waals surface area contributed by atoms with Crippen molar-refractivity contribution in [1.82, 2.24) is 4.98 Å².